The predicted octanol–water partition coefficient (Wildman–Crippen LogP) is 3.16. The molecule has 196 valence electrons. The summed E-state index contributed by atoms with van der Waals surface area (Å²) in [4.78, 5) is 32.4. The third kappa shape index (κ3) is 6.22. The number of fused-ring (bicyclic) bond motifs is 1. The van der Waals surface area contributed by atoms with Gasteiger partial charge in [0.15, 0.2) is 0 Å². The number of ether oxygens (including phenoxy) is 1. The molecule has 2 saturated carbocycles. The first-order chi connectivity index (χ1) is 17.4. The predicted molar refractivity (Wildman–Crippen MR) is 141 cm³/mol. The number of rotatable bonds is 7. The van der Waals surface area contributed by atoms with E-state index in [1.165, 1.54) is 5.06 Å². The molecule has 1 aromatic carbocycles. The quantitative estimate of drug-likeness (QED) is 0.302. The summed E-state index contributed by atoms with van der Waals surface area (Å²) in [6.45, 7) is 2.04. The molecular weight excluding hydrogens is 458 g/mol. The van der Waals surface area contributed by atoms with Crippen molar-refractivity contribution in [2.24, 2.45) is 10.7 Å². The number of aromatic nitrogens is 2. The first kappa shape index (κ1) is 26.1. The van der Waals surface area contributed by atoms with Gasteiger partial charge in [-0.05, 0) is 57.6 Å². The smallest absolute Gasteiger partial charge is 0.289 e. The molecule has 2 fully saturated rings. The Morgan fingerprint density at radius 2 is 1.86 bits per heavy atom. The highest BCUT2D eigenvalue weighted by molar-refractivity contribution is 5.96. The maximum atomic E-state index is 13.2. The number of hydrogen-bond donors (Lipinski definition) is 3. The average Bonchev–Trinajstić information content (AvgIpc) is 2.89. The highest BCUT2D eigenvalue weighted by atomic mass is 16.7. The Hall–Kier alpha value is -2.98. The molecule has 1 amide bonds. The minimum Gasteiger partial charge on any atom is -0.381 e. The lowest BCUT2D eigenvalue weighted by molar-refractivity contribution is -0.0435. The van der Waals surface area contributed by atoms with Crippen LogP contribution in [0.4, 0.5) is 5.82 Å². The van der Waals surface area contributed by atoms with E-state index in [1.54, 1.807) is 21.3 Å². The van der Waals surface area contributed by atoms with Gasteiger partial charge in [-0.15, -0.1) is 0 Å². The number of carbonyl (C=O) groups is 1. The van der Waals surface area contributed by atoms with Gasteiger partial charge in [0, 0.05) is 25.6 Å². The molecule has 0 spiro atoms. The van der Waals surface area contributed by atoms with Crippen LogP contribution in [0, 0.1) is 6.92 Å². The zero-order valence-corrected chi connectivity index (χ0v) is 21.8. The number of methoxy groups -OCH3 is 1. The number of aliphatic imine (C=N–C) groups is 1. The van der Waals surface area contributed by atoms with E-state index in [0.29, 0.717) is 11.8 Å². The van der Waals surface area contributed by atoms with E-state index in [9.17, 15) is 4.79 Å². The molecule has 1 heterocycles. The molecule has 2 aliphatic carbocycles. The van der Waals surface area contributed by atoms with Gasteiger partial charge in [0.2, 0.25) is 11.8 Å². The highest BCUT2D eigenvalue weighted by Crippen LogP contribution is 2.28. The van der Waals surface area contributed by atoms with Crippen LogP contribution in [0.2, 0.25) is 0 Å². The molecule has 4 rings (SSSR count). The summed E-state index contributed by atoms with van der Waals surface area (Å²) in [7, 11) is 5.04. The number of nitrogens with one attached hydrogen (secondary N) is 2. The summed E-state index contributed by atoms with van der Waals surface area (Å²) in [6, 6.07) is 6.11. The molecule has 4 N–H and O–H groups in total. The largest absolute Gasteiger partial charge is 0.381 e. The number of aryl methyl sites for hydroxylation is 1. The minimum atomic E-state index is -0.245. The molecule has 10 nitrogen and oxygen atoms in total. The molecule has 2 atom stereocenters. The second-order valence-corrected chi connectivity index (χ2v) is 9.87. The number of anilines is 1. The summed E-state index contributed by atoms with van der Waals surface area (Å²) in [5.41, 5.74) is 7.97. The van der Waals surface area contributed by atoms with Gasteiger partial charge in [-0.2, -0.15) is 0 Å². The SMILES string of the molecule is COC1CCC(NC(=O)c2nc(N[C@H]3CCCC[C@H]3N=C(N)N(C)OC)c3cc(C)ccc3n2)CC1. The fourth-order valence-corrected chi connectivity index (χ4v) is 5.10. The van der Waals surface area contributed by atoms with Crippen molar-refractivity contribution in [3.05, 3.63) is 29.6 Å². The first-order valence-electron chi connectivity index (χ1n) is 12.9. The number of guanidine groups is 1. The number of nitrogens with zero attached hydrogens (tertiary/aromatic N) is 4. The summed E-state index contributed by atoms with van der Waals surface area (Å²) in [5, 5.41) is 9.09. The first-order valence-corrected chi connectivity index (χ1v) is 12.9. The van der Waals surface area contributed by atoms with Crippen LogP contribution < -0.4 is 16.4 Å². The molecule has 0 radical (unpaired) electrons. The van der Waals surface area contributed by atoms with Gasteiger partial charge < -0.3 is 21.1 Å². The van der Waals surface area contributed by atoms with Crippen LogP contribution in [0.5, 0.6) is 0 Å². The van der Waals surface area contributed by atoms with Crippen LogP contribution in [-0.2, 0) is 9.57 Å². The molecule has 2 aromatic rings. The number of nitrogens with two attached hydrogens (primary N) is 1. The molecule has 0 bridgehead atoms. The van der Waals surface area contributed by atoms with Crippen LogP contribution in [0.25, 0.3) is 10.9 Å². The maximum absolute atomic E-state index is 13.2. The molecule has 10 heteroatoms. The van der Waals surface area contributed by atoms with Crippen LogP contribution in [0.1, 0.15) is 67.5 Å². The number of amides is 1. The van der Waals surface area contributed by atoms with Gasteiger partial charge in [0.1, 0.15) is 5.82 Å². The van der Waals surface area contributed by atoms with E-state index in [4.69, 9.17) is 25.3 Å². The lowest BCUT2D eigenvalue weighted by Gasteiger charge is -2.31. The second kappa shape index (κ2) is 11.8. The molecule has 36 heavy (non-hydrogen) atoms. The van der Waals surface area contributed by atoms with Crippen molar-refractivity contribution in [3.63, 3.8) is 0 Å². The molecule has 0 unspecified atom stereocenters. The Morgan fingerprint density at radius 1 is 1.11 bits per heavy atom. The average molecular weight is 498 g/mol. The van der Waals surface area contributed by atoms with Gasteiger partial charge >= 0.3 is 0 Å². The van der Waals surface area contributed by atoms with E-state index in [1.807, 2.05) is 19.1 Å². The van der Waals surface area contributed by atoms with Crippen molar-refractivity contribution in [1.82, 2.24) is 20.3 Å². The minimum absolute atomic E-state index is 0.0283. The van der Waals surface area contributed by atoms with Crippen LogP contribution in [0.15, 0.2) is 23.2 Å². The molecule has 0 saturated heterocycles. The van der Waals surface area contributed by atoms with Gasteiger partial charge in [-0.3, -0.25) is 9.63 Å². The number of carbonyl (C=O) groups excluding carboxylic acids is 1. The van der Waals surface area contributed by atoms with Crippen molar-refractivity contribution < 1.29 is 14.4 Å². The van der Waals surface area contributed by atoms with Crippen molar-refractivity contribution in [3.8, 4) is 0 Å². The Kier molecular flexibility index (Phi) is 8.58. The lowest BCUT2D eigenvalue weighted by atomic mass is 9.90. The fraction of sp³-hybridized carbons (Fsp3) is 0.615. The third-order valence-corrected chi connectivity index (χ3v) is 7.34. The standard InChI is InChI=1S/C26H39N7O3/c1-16-9-14-20-19(15-16)23(30-21-7-5-6-8-22(21)31-26(27)33(2)36-4)32-24(29-20)25(34)28-17-10-12-18(35-3)13-11-17/h9,14-15,17-18,21-22H,5-8,10-13H2,1-4H3,(H2,27,31)(H,28,34)(H,29,30,32)/t17?,18?,21-,22+/m0/s1. The van der Waals surface area contributed by atoms with Gasteiger partial charge in [0.05, 0.1) is 30.8 Å². The van der Waals surface area contributed by atoms with Crippen molar-refractivity contribution in [2.45, 2.75) is 82.5 Å². The van der Waals surface area contributed by atoms with E-state index in [-0.39, 0.29) is 36.0 Å². The molecule has 2 aliphatic rings. The number of hydrogen-bond acceptors (Lipinski definition) is 7. The van der Waals surface area contributed by atoms with E-state index in [2.05, 4.69) is 21.7 Å². The zero-order chi connectivity index (χ0) is 25.7. The van der Waals surface area contributed by atoms with Crippen molar-refractivity contribution in [1.29, 1.82) is 0 Å². The third-order valence-electron chi connectivity index (χ3n) is 7.34. The Morgan fingerprint density at radius 3 is 2.58 bits per heavy atom. The Balaban J connectivity index is 1.59. The van der Waals surface area contributed by atoms with E-state index in [0.717, 1.165) is 67.8 Å². The highest BCUT2D eigenvalue weighted by Gasteiger charge is 2.28. The summed E-state index contributed by atoms with van der Waals surface area (Å²) in [6.07, 6.45) is 7.95. The van der Waals surface area contributed by atoms with Gasteiger partial charge in [-0.1, -0.05) is 24.5 Å². The monoisotopic (exact) mass is 497 g/mol. The van der Waals surface area contributed by atoms with Crippen LogP contribution in [-0.4, -0.2) is 72.4 Å². The van der Waals surface area contributed by atoms with Crippen LogP contribution >= 0.6 is 0 Å². The topological polar surface area (TPSA) is 127 Å². The van der Waals surface area contributed by atoms with Crippen molar-refractivity contribution >= 4 is 28.6 Å². The van der Waals surface area contributed by atoms with Gasteiger partial charge in [0.25, 0.3) is 5.91 Å². The number of benzene rings is 1. The summed E-state index contributed by atoms with van der Waals surface area (Å²) in [5.74, 6) is 0.924. The Labute approximate surface area is 213 Å². The number of hydroxylamine groups is 2. The summed E-state index contributed by atoms with van der Waals surface area (Å²) >= 11 is 0. The normalized spacial score (nSPS) is 24.9. The molecule has 0 aliphatic heterocycles. The summed E-state index contributed by atoms with van der Waals surface area (Å²) < 4.78 is 5.45. The zero-order valence-electron chi connectivity index (χ0n) is 21.8. The fourth-order valence-electron chi connectivity index (χ4n) is 5.10. The molecular formula is C26H39N7O3. The molecule has 1 aromatic heterocycles. The second-order valence-electron chi connectivity index (χ2n) is 9.87. The maximum Gasteiger partial charge on any atom is 0.289 e. The van der Waals surface area contributed by atoms with E-state index >= 15 is 0 Å². The van der Waals surface area contributed by atoms with Crippen LogP contribution in [0.3, 0.4) is 0 Å². The van der Waals surface area contributed by atoms with Gasteiger partial charge in [-0.25, -0.2) is 20.0 Å². The lowest BCUT2D eigenvalue weighted by Crippen LogP contribution is -2.41. The Bertz CT molecular complexity index is 1080. The van der Waals surface area contributed by atoms with E-state index < -0.39 is 0 Å². The van der Waals surface area contributed by atoms with Crippen molar-refractivity contribution in [2.75, 3.05) is 26.6 Å².